The number of para-hydroxylation sites is 2. The molecule has 0 amide bonds. The van der Waals surface area contributed by atoms with Crippen LogP contribution in [0.4, 0.5) is 0 Å². The van der Waals surface area contributed by atoms with Gasteiger partial charge in [0.25, 0.3) is 0 Å². The number of hydrogen-bond acceptors (Lipinski definition) is 17. The second kappa shape index (κ2) is 22.2. The second-order valence-electron chi connectivity index (χ2n) is 10.7. The lowest BCUT2D eigenvalue weighted by molar-refractivity contribution is -0.277. The Morgan fingerprint density at radius 1 is 0.922 bits per heavy atom. The molecule has 1 saturated heterocycles. The van der Waals surface area contributed by atoms with Crippen LogP contribution in [0.2, 0.25) is 0 Å². The molecule has 7 atom stereocenters. The normalized spacial score (nSPS) is 21.8. The summed E-state index contributed by atoms with van der Waals surface area (Å²) < 4.78 is 62.0. The number of aliphatic hydroxyl groups excluding tert-OH is 4. The molecule has 51 heavy (non-hydrogen) atoms. The maximum atomic E-state index is 14.1. The molecule has 20 heteroatoms. The monoisotopic (exact) mass is 743 g/mol. The van der Waals surface area contributed by atoms with Crippen LogP contribution in [0, 0.1) is 0 Å². The van der Waals surface area contributed by atoms with Crippen LogP contribution in [0.25, 0.3) is 10.4 Å². The summed E-state index contributed by atoms with van der Waals surface area (Å²) in [5.74, 6) is -0.528. The Labute approximate surface area is 295 Å². The van der Waals surface area contributed by atoms with Crippen LogP contribution in [-0.4, -0.2) is 141 Å². The number of carbonyl (C=O) groups is 1. The molecule has 1 aliphatic rings. The highest BCUT2D eigenvalue weighted by Crippen LogP contribution is 2.33. The fourth-order valence-electron chi connectivity index (χ4n) is 4.48. The van der Waals surface area contributed by atoms with Crippen LogP contribution in [-0.2, 0) is 45.2 Å². The summed E-state index contributed by atoms with van der Waals surface area (Å²) in [7, 11) is -1.08. The van der Waals surface area contributed by atoms with Crippen molar-refractivity contribution in [2.45, 2.75) is 43.2 Å². The summed E-state index contributed by atoms with van der Waals surface area (Å²) in [6.45, 7) is 0.830. The zero-order valence-corrected chi connectivity index (χ0v) is 29.0. The van der Waals surface area contributed by atoms with Crippen molar-refractivity contribution in [1.29, 1.82) is 0 Å². The second-order valence-corrected chi connectivity index (χ2v) is 12.2. The van der Waals surface area contributed by atoms with E-state index in [0.717, 1.165) is 5.56 Å². The zero-order valence-electron chi connectivity index (χ0n) is 28.2. The number of rotatable bonds is 23. The van der Waals surface area contributed by atoms with Crippen molar-refractivity contribution in [1.82, 2.24) is 5.32 Å². The lowest BCUT2D eigenvalue weighted by Crippen LogP contribution is -2.60. The van der Waals surface area contributed by atoms with E-state index in [4.69, 9.17) is 42.3 Å². The summed E-state index contributed by atoms with van der Waals surface area (Å²) in [5, 5.41) is 46.6. The van der Waals surface area contributed by atoms with Gasteiger partial charge in [-0.25, -0.2) is 0 Å². The lowest BCUT2D eigenvalue weighted by Gasteiger charge is -2.39. The Kier molecular flexibility index (Phi) is 18.1. The van der Waals surface area contributed by atoms with Crippen LogP contribution >= 0.6 is 0 Å². The Bertz CT molecular complexity index is 1500. The number of likely N-dealkylation sites (N-methyl/N-ethyl adjacent to an activating group) is 1. The van der Waals surface area contributed by atoms with Crippen molar-refractivity contribution in [2.75, 3.05) is 73.5 Å². The predicted octanol–water partition coefficient (Wildman–Crippen LogP) is 0.285. The summed E-state index contributed by atoms with van der Waals surface area (Å²) >= 11 is 0. The van der Waals surface area contributed by atoms with Gasteiger partial charge in [-0.1, -0.05) is 29.4 Å². The van der Waals surface area contributed by atoms with Crippen molar-refractivity contribution >= 4 is 16.3 Å². The van der Waals surface area contributed by atoms with E-state index in [1.165, 1.54) is 31.4 Å². The highest BCUT2D eigenvalue weighted by molar-refractivity contribution is 7.85. The van der Waals surface area contributed by atoms with Gasteiger partial charge in [0.05, 0.1) is 59.9 Å². The van der Waals surface area contributed by atoms with Gasteiger partial charge in [0.1, 0.15) is 36.2 Å². The molecule has 284 valence electrons. The molecule has 0 aromatic heterocycles. The lowest BCUT2D eigenvalue weighted by atomic mass is 9.99. The SMILES string of the molecule is CN[C@@H](Cc1ccc(OS(=O)(=NCCOCCOCCOCCN=[N+]=[N-])Oc2ccccc2O[C@@H]2O[C@H](CO)[C@H](O)[C@H](O)[C@H]2O)cc1)C(=O)OC. The molecule has 5 N–H and O–H groups in total. The zero-order chi connectivity index (χ0) is 37.1. The largest absolute Gasteiger partial charge is 0.468 e. The molecule has 19 nitrogen and oxygen atoms in total. The number of benzene rings is 2. The summed E-state index contributed by atoms with van der Waals surface area (Å²) in [5.41, 5.74) is 9.00. The predicted molar refractivity (Wildman–Crippen MR) is 179 cm³/mol. The molecule has 1 unspecified atom stereocenters. The average Bonchev–Trinajstić information content (AvgIpc) is 3.13. The van der Waals surface area contributed by atoms with Crippen molar-refractivity contribution in [3.63, 3.8) is 0 Å². The summed E-state index contributed by atoms with van der Waals surface area (Å²) in [6.07, 6.45) is -7.45. The Morgan fingerprint density at radius 2 is 1.55 bits per heavy atom. The fourth-order valence-corrected chi connectivity index (χ4v) is 5.64. The van der Waals surface area contributed by atoms with Gasteiger partial charge in [-0.2, -0.15) is 8.57 Å². The van der Waals surface area contributed by atoms with E-state index in [1.807, 2.05) is 0 Å². The van der Waals surface area contributed by atoms with Gasteiger partial charge in [-0.15, -0.1) is 0 Å². The average molecular weight is 744 g/mol. The maximum Gasteiger partial charge on any atom is 0.388 e. The van der Waals surface area contributed by atoms with Gasteiger partial charge in [0.15, 0.2) is 11.5 Å². The number of azide groups is 1. The molecular formula is C31H45N5O14S. The number of ether oxygens (including phenoxy) is 6. The molecule has 2 aromatic carbocycles. The minimum atomic E-state index is -4.01. The van der Waals surface area contributed by atoms with Gasteiger partial charge >= 0.3 is 16.3 Å². The first kappa shape index (κ1) is 41.6. The first-order valence-electron chi connectivity index (χ1n) is 15.9. The van der Waals surface area contributed by atoms with Crippen LogP contribution in [0.15, 0.2) is 58.0 Å². The van der Waals surface area contributed by atoms with Crippen LogP contribution in [0.1, 0.15) is 5.56 Å². The van der Waals surface area contributed by atoms with Gasteiger partial charge in [-0.3, -0.25) is 4.79 Å². The van der Waals surface area contributed by atoms with Crippen molar-refractivity contribution < 1.29 is 66.2 Å². The Hall–Kier alpha value is -3.79. The topological polar surface area (TPSA) is 262 Å². The molecule has 1 aliphatic heterocycles. The van der Waals surface area contributed by atoms with Crippen molar-refractivity contribution in [3.05, 3.63) is 64.5 Å². The molecule has 0 aliphatic carbocycles. The van der Waals surface area contributed by atoms with Gasteiger partial charge < -0.3 is 62.5 Å². The number of carbonyl (C=O) groups excluding carboxylic acids is 1. The maximum absolute atomic E-state index is 14.1. The number of nitrogens with zero attached hydrogens (tertiary/aromatic N) is 4. The van der Waals surface area contributed by atoms with Crippen molar-refractivity contribution in [2.24, 2.45) is 9.48 Å². The highest BCUT2D eigenvalue weighted by atomic mass is 32.2. The van der Waals surface area contributed by atoms with E-state index >= 15 is 0 Å². The number of methoxy groups -OCH3 is 1. The molecule has 0 bridgehead atoms. The minimum absolute atomic E-state index is 0.0244. The van der Waals surface area contributed by atoms with E-state index in [0.29, 0.717) is 19.6 Å². The van der Waals surface area contributed by atoms with Crippen LogP contribution < -0.4 is 18.4 Å². The van der Waals surface area contributed by atoms with Gasteiger partial charge in [0, 0.05) is 11.5 Å². The molecule has 2 aromatic rings. The first-order valence-corrected chi connectivity index (χ1v) is 17.3. The standard InChI is InChI=1S/C31H45N5O14S/c1-33-23(30(41)43-2)19-21-7-9-22(10-8-21)49-51(42,35-12-14-45-16-18-46-17-15-44-13-11-34-36-32)50-25-6-4-3-5-24(25)47-31-29(40)28(39)27(38)26(20-37)48-31/h3-10,23,26-29,31,33,37-40H,11-20H2,1-2H3/t23-,26+,27-,28-,29+,31+,51?/m0/s1. The van der Waals surface area contributed by atoms with Gasteiger partial charge in [0.2, 0.25) is 6.29 Å². The first-order chi connectivity index (χ1) is 24.6. The van der Waals surface area contributed by atoms with Crippen LogP contribution in [0.5, 0.6) is 17.2 Å². The third-order valence-electron chi connectivity index (χ3n) is 7.16. The highest BCUT2D eigenvalue weighted by Gasteiger charge is 2.45. The summed E-state index contributed by atoms with van der Waals surface area (Å²) in [4.78, 5) is 14.6. The molecule has 3 rings (SSSR count). The third-order valence-corrected chi connectivity index (χ3v) is 8.45. The molecule has 1 fully saturated rings. The van der Waals surface area contributed by atoms with E-state index in [9.17, 15) is 29.4 Å². The van der Waals surface area contributed by atoms with Gasteiger partial charge in [-0.05, 0) is 48.8 Å². The molecule has 0 radical (unpaired) electrons. The minimum Gasteiger partial charge on any atom is -0.468 e. The Balaban J connectivity index is 1.71. The van der Waals surface area contributed by atoms with E-state index in [2.05, 4.69) is 19.7 Å². The number of aliphatic hydroxyl groups is 4. The van der Waals surface area contributed by atoms with E-state index < -0.39 is 59.6 Å². The number of esters is 1. The van der Waals surface area contributed by atoms with E-state index in [-0.39, 0.29) is 56.8 Å². The third kappa shape index (κ3) is 13.7. The molecule has 0 spiro atoms. The molecule has 1 heterocycles. The van der Waals surface area contributed by atoms with E-state index in [1.54, 1.807) is 31.3 Å². The quantitative estimate of drug-likeness (QED) is 0.0337. The fraction of sp³-hybridized carbons (Fsp3) is 0.581. The Morgan fingerprint density at radius 3 is 2.16 bits per heavy atom. The van der Waals surface area contributed by atoms with Crippen molar-refractivity contribution in [3.8, 4) is 17.2 Å². The summed E-state index contributed by atoms with van der Waals surface area (Å²) in [6, 6.07) is 11.8. The van der Waals surface area contributed by atoms with Crippen LogP contribution in [0.3, 0.4) is 0 Å². The smallest absolute Gasteiger partial charge is 0.388 e. The molecule has 0 saturated carbocycles. The molecular weight excluding hydrogens is 698 g/mol. The number of hydrogen-bond donors (Lipinski definition) is 5. The number of nitrogens with one attached hydrogen (secondary N) is 1.